The van der Waals surface area contributed by atoms with Gasteiger partial charge >= 0.3 is 6.03 Å². The first-order valence-corrected chi connectivity index (χ1v) is 10.8. The van der Waals surface area contributed by atoms with Crippen molar-refractivity contribution < 1.29 is 18.7 Å². The number of hydrogen-bond donors (Lipinski definition) is 1. The predicted octanol–water partition coefficient (Wildman–Crippen LogP) is 4.26. The largest absolute Gasteiger partial charge is 0.373 e. The third-order valence-electron chi connectivity index (χ3n) is 5.46. The zero-order valence-electron chi connectivity index (χ0n) is 17.1. The topological polar surface area (TPSA) is 61.9 Å². The Labute approximate surface area is 185 Å². The number of hydrogen-bond acceptors (Lipinski definition) is 3. The van der Waals surface area contributed by atoms with Gasteiger partial charge in [0.15, 0.2) is 0 Å². The van der Waals surface area contributed by atoms with Crippen LogP contribution >= 0.6 is 11.6 Å². The number of anilines is 1. The summed E-state index contributed by atoms with van der Waals surface area (Å²) in [5, 5.41) is 3.39. The van der Waals surface area contributed by atoms with Crippen LogP contribution in [0.15, 0.2) is 48.5 Å². The van der Waals surface area contributed by atoms with Crippen LogP contribution in [0.5, 0.6) is 0 Å². The van der Waals surface area contributed by atoms with E-state index in [1.54, 1.807) is 40.1 Å². The van der Waals surface area contributed by atoms with E-state index in [1.807, 2.05) is 0 Å². The summed E-state index contributed by atoms with van der Waals surface area (Å²) in [7, 11) is 0. The molecule has 1 aliphatic heterocycles. The van der Waals surface area contributed by atoms with Gasteiger partial charge in [-0.3, -0.25) is 4.79 Å². The number of morpholine rings is 1. The molecule has 1 saturated carbocycles. The smallest absolute Gasteiger partial charge is 0.322 e. The molecule has 6 nitrogen and oxygen atoms in total. The standard InChI is InChI=1S/C23H25ClFN3O3/c24-18-4-2-6-20(12-18)26-23(30)27-9-10-31-21(14-27)15-28(13-16-7-8-16)22(29)17-3-1-5-19(25)11-17/h1-6,11-12,16,21H,7-10,13-15H2,(H,26,30)/t21-/m1/s1. The fourth-order valence-corrected chi connectivity index (χ4v) is 3.88. The van der Waals surface area contributed by atoms with Gasteiger partial charge in [-0.15, -0.1) is 0 Å². The molecule has 2 aliphatic rings. The van der Waals surface area contributed by atoms with Crippen LogP contribution in [0.2, 0.25) is 5.02 Å². The lowest BCUT2D eigenvalue weighted by Crippen LogP contribution is -2.51. The zero-order chi connectivity index (χ0) is 21.8. The van der Waals surface area contributed by atoms with Crippen molar-refractivity contribution in [3.8, 4) is 0 Å². The molecule has 4 rings (SSSR count). The van der Waals surface area contributed by atoms with E-state index < -0.39 is 5.82 Å². The van der Waals surface area contributed by atoms with Crippen molar-refractivity contribution in [2.24, 2.45) is 5.92 Å². The van der Waals surface area contributed by atoms with Crippen LogP contribution in [-0.4, -0.2) is 60.6 Å². The summed E-state index contributed by atoms with van der Waals surface area (Å²) in [6.45, 7) is 2.18. The van der Waals surface area contributed by atoms with E-state index in [2.05, 4.69) is 5.32 Å². The first kappa shape index (κ1) is 21.6. The number of ether oxygens (including phenoxy) is 1. The average Bonchev–Trinajstić information content (AvgIpc) is 3.57. The van der Waals surface area contributed by atoms with Gasteiger partial charge in [0.05, 0.1) is 19.3 Å². The fourth-order valence-electron chi connectivity index (χ4n) is 3.69. The number of carbonyl (C=O) groups excluding carboxylic acids is 2. The Hall–Kier alpha value is -2.64. The van der Waals surface area contributed by atoms with E-state index in [0.717, 1.165) is 12.8 Å². The van der Waals surface area contributed by atoms with Crippen LogP contribution in [0.25, 0.3) is 0 Å². The highest BCUT2D eigenvalue weighted by molar-refractivity contribution is 6.30. The Morgan fingerprint density at radius 1 is 1.16 bits per heavy atom. The third-order valence-corrected chi connectivity index (χ3v) is 5.70. The molecule has 2 aromatic carbocycles. The highest BCUT2D eigenvalue weighted by Crippen LogP contribution is 2.30. The molecule has 31 heavy (non-hydrogen) atoms. The summed E-state index contributed by atoms with van der Waals surface area (Å²) in [5.41, 5.74) is 0.948. The minimum absolute atomic E-state index is 0.212. The molecule has 0 radical (unpaired) electrons. The highest BCUT2D eigenvalue weighted by atomic mass is 35.5. The monoisotopic (exact) mass is 445 g/mol. The van der Waals surface area contributed by atoms with Crippen molar-refractivity contribution in [2.75, 3.05) is 38.1 Å². The fraction of sp³-hybridized carbons (Fsp3) is 0.391. The molecule has 164 valence electrons. The lowest BCUT2D eigenvalue weighted by atomic mass is 10.1. The maximum Gasteiger partial charge on any atom is 0.322 e. The van der Waals surface area contributed by atoms with Crippen molar-refractivity contribution in [3.63, 3.8) is 0 Å². The van der Waals surface area contributed by atoms with Crippen LogP contribution in [0.1, 0.15) is 23.2 Å². The van der Waals surface area contributed by atoms with Gasteiger partial charge in [0.25, 0.3) is 5.91 Å². The molecule has 0 aromatic heterocycles. The Balaban J connectivity index is 1.40. The second-order valence-electron chi connectivity index (χ2n) is 8.04. The molecule has 0 spiro atoms. The Kier molecular flexibility index (Phi) is 6.73. The first-order chi connectivity index (χ1) is 15.0. The third kappa shape index (κ3) is 5.95. The quantitative estimate of drug-likeness (QED) is 0.722. The number of urea groups is 1. The number of nitrogens with one attached hydrogen (secondary N) is 1. The number of nitrogens with zero attached hydrogens (tertiary/aromatic N) is 2. The van der Waals surface area contributed by atoms with Gasteiger partial charge in [-0.05, 0) is 55.2 Å². The second kappa shape index (κ2) is 9.66. The van der Waals surface area contributed by atoms with Gasteiger partial charge in [-0.2, -0.15) is 0 Å². The van der Waals surface area contributed by atoms with Gasteiger partial charge in [0.1, 0.15) is 5.82 Å². The van der Waals surface area contributed by atoms with E-state index in [1.165, 1.54) is 18.2 Å². The van der Waals surface area contributed by atoms with Crippen molar-refractivity contribution in [3.05, 3.63) is 64.9 Å². The van der Waals surface area contributed by atoms with Crippen LogP contribution < -0.4 is 5.32 Å². The highest BCUT2D eigenvalue weighted by Gasteiger charge is 2.32. The van der Waals surface area contributed by atoms with E-state index in [0.29, 0.717) is 55.0 Å². The Bertz CT molecular complexity index is 953. The minimum atomic E-state index is -0.435. The summed E-state index contributed by atoms with van der Waals surface area (Å²) in [6.07, 6.45) is 1.87. The molecular weight excluding hydrogens is 421 g/mol. The van der Waals surface area contributed by atoms with Crippen molar-refractivity contribution in [1.82, 2.24) is 9.80 Å². The molecule has 2 fully saturated rings. The number of amides is 3. The lowest BCUT2D eigenvalue weighted by molar-refractivity contribution is -0.0266. The van der Waals surface area contributed by atoms with Crippen molar-refractivity contribution in [2.45, 2.75) is 18.9 Å². The minimum Gasteiger partial charge on any atom is -0.373 e. The first-order valence-electron chi connectivity index (χ1n) is 10.5. The molecule has 1 N–H and O–H groups in total. The molecule has 8 heteroatoms. The number of benzene rings is 2. The molecular formula is C23H25ClFN3O3. The number of halogens is 2. The maximum absolute atomic E-state index is 13.6. The van der Waals surface area contributed by atoms with E-state index in [9.17, 15) is 14.0 Å². The molecule has 2 aromatic rings. The molecule has 1 aliphatic carbocycles. The van der Waals surface area contributed by atoms with Gasteiger partial charge in [-0.25, -0.2) is 9.18 Å². The molecule has 1 heterocycles. The summed E-state index contributed by atoms with van der Waals surface area (Å²) in [4.78, 5) is 29.1. The average molecular weight is 446 g/mol. The Morgan fingerprint density at radius 2 is 1.97 bits per heavy atom. The van der Waals surface area contributed by atoms with E-state index in [-0.39, 0.29) is 18.0 Å². The molecule has 1 saturated heterocycles. The predicted molar refractivity (Wildman–Crippen MR) is 117 cm³/mol. The van der Waals surface area contributed by atoms with Crippen LogP contribution in [-0.2, 0) is 4.74 Å². The van der Waals surface area contributed by atoms with Crippen molar-refractivity contribution in [1.29, 1.82) is 0 Å². The number of rotatable bonds is 6. The lowest BCUT2D eigenvalue weighted by Gasteiger charge is -2.36. The van der Waals surface area contributed by atoms with E-state index >= 15 is 0 Å². The van der Waals surface area contributed by atoms with Crippen molar-refractivity contribution >= 4 is 29.2 Å². The van der Waals surface area contributed by atoms with Gasteiger partial charge in [0, 0.05) is 35.9 Å². The van der Waals surface area contributed by atoms with E-state index in [4.69, 9.17) is 16.3 Å². The van der Waals surface area contributed by atoms with Crippen LogP contribution in [0.3, 0.4) is 0 Å². The summed E-state index contributed by atoms with van der Waals surface area (Å²) < 4.78 is 19.5. The molecule has 1 atom stereocenters. The Morgan fingerprint density at radius 3 is 2.71 bits per heavy atom. The SMILES string of the molecule is O=C(Nc1cccc(Cl)c1)N1CCO[C@@H](CN(CC2CC2)C(=O)c2cccc(F)c2)C1. The second-order valence-corrected chi connectivity index (χ2v) is 8.48. The molecule has 0 unspecified atom stereocenters. The van der Waals surface area contributed by atoms with Crippen LogP contribution in [0.4, 0.5) is 14.9 Å². The summed E-state index contributed by atoms with van der Waals surface area (Å²) >= 11 is 5.99. The van der Waals surface area contributed by atoms with Gasteiger partial charge < -0.3 is 19.9 Å². The number of carbonyl (C=O) groups is 2. The van der Waals surface area contributed by atoms with Gasteiger partial charge in [0.2, 0.25) is 0 Å². The maximum atomic E-state index is 13.6. The molecule has 0 bridgehead atoms. The van der Waals surface area contributed by atoms with Gasteiger partial charge in [-0.1, -0.05) is 23.7 Å². The molecule has 3 amide bonds. The summed E-state index contributed by atoms with van der Waals surface area (Å²) in [5.74, 6) is -0.172. The zero-order valence-corrected chi connectivity index (χ0v) is 17.9. The van der Waals surface area contributed by atoms with Crippen LogP contribution in [0, 0.1) is 11.7 Å². The summed E-state index contributed by atoms with van der Waals surface area (Å²) in [6, 6.07) is 12.5. The normalized spacial score (nSPS) is 18.5.